The molecule has 1 aromatic rings. The minimum absolute atomic E-state index is 0.941. The van der Waals surface area contributed by atoms with Crippen LogP contribution in [0.1, 0.15) is 32.3 Å². The average Bonchev–Trinajstić information content (AvgIpc) is 2.26. The molecule has 2 nitrogen and oxygen atoms in total. The van der Waals surface area contributed by atoms with E-state index in [1.165, 1.54) is 5.56 Å². The van der Waals surface area contributed by atoms with Gasteiger partial charge in [-0.3, -0.25) is 0 Å². The van der Waals surface area contributed by atoms with Gasteiger partial charge in [0.25, 0.3) is 0 Å². The second kappa shape index (κ2) is 6.19. The monoisotopic (exact) mass is 190 g/mol. The van der Waals surface area contributed by atoms with Crippen LogP contribution in [-0.4, -0.2) is 12.3 Å². The molecule has 14 heavy (non-hydrogen) atoms. The molecule has 0 unspecified atom stereocenters. The van der Waals surface area contributed by atoms with Gasteiger partial charge in [0.1, 0.15) is 0 Å². The van der Waals surface area contributed by atoms with E-state index < -0.39 is 0 Å². The van der Waals surface area contributed by atoms with Crippen LogP contribution in [0.25, 0.3) is 0 Å². The van der Waals surface area contributed by atoms with Crippen molar-refractivity contribution >= 4 is 5.71 Å². The quantitative estimate of drug-likeness (QED) is 0.431. The molecule has 0 saturated carbocycles. The van der Waals surface area contributed by atoms with E-state index in [1.807, 2.05) is 18.2 Å². The van der Waals surface area contributed by atoms with Gasteiger partial charge in [0, 0.05) is 6.54 Å². The van der Waals surface area contributed by atoms with Gasteiger partial charge in [0.05, 0.1) is 5.71 Å². The Morgan fingerprint density at radius 2 is 1.93 bits per heavy atom. The fourth-order valence-corrected chi connectivity index (χ4v) is 1.24. The summed E-state index contributed by atoms with van der Waals surface area (Å²) >= 11 is 0. The topological polar surface area (TPSA) is 24.4 Å². The lowest BCUT2D eigenvalue weighted by Crippen LogP contribution is -2.11. The summed E-state index contributed by atoms with van der Waals surface area (Å²) in [5.74, 6) is 0. The molecule has 0 bridgehead atoms. The SMILES string of the molecule is CCCN/N=C(\CC)c1ccccc1. The van der Waals surface area contributed by atoms with Crippen LogP contribution in [-0.2, 0) is 0 Å². The van der Waals surface area contributed by atoms with E-state index >= 15 is 0 Å². The zero-order valence-electron chi connectivity index (χ0n) is 8.96. The van der Waals surface area contributed by atoms with Crippen LogP contribution < -0.4 is 5.43 Å². The van der Waals surface area contributed by atoms with Crippen LogP contribution in [0.15, 0.2) is 35.4 Å². The summed E-state index contributed by atoms with van der Waals surface area (Å²) in [6, 6.07) is 10.3. The maximum atomic E-state index is 4.37. The van der Waals surface area contributed by atoms with Gasteiger partial charge in [-0.2, -0.15) is 5.10 Å². The van der Waals surface area contributed by atoms with Crippen molar-refractivity contribution in [3.05, 3.63) is 35.9 Å². The van der Waals surface area contributed by atoms with E-state index in [0.717, 1.165) is 25.1 Å². The van der Waals surface area contributed by atoms with Crippen molar-refractivity contribution in [3.63, 3.8) is 0 Å². The lowest BCUT2D eigenvalue weighted by Gasteiger charge is -2.04. The van der Waals surface area contributed by atoms with Crippen molar-refractivity contribution < 1.29 is 0 Å². The molecule has 0 atom stereocenters. The number of nitrogens with zero attached hydrogens (tertiary/aromatic N) is 1. The van der Waals surface area contributed by atoms with Crippen molar-refractivity contribution in [3.8, 4) is 0 Å². The zero-order chi connectivity index (χ0) is 10.2. The summed E-state index contributed by atoms with van der Waals surface area (Å²) in [5.41, 5.74) is 5.40. The molecule has 1 aromatic carbocycles. The number of rotatable bonds is 5. The van der Waals surface area contributed by atoms with E-state index in [2.05, 4.69) is 36.5 Å². The van der Waals surface area contributed by atoms with Crippen LogP contribution in [0.2, 0.25) is 0 Å². The molecule has 0 radical (unpaired) electrons. The Balaban J connectivity index is 2.67. The molecular formula is C12H18N2. The predicted octanol–water partition coefficient (Wildman–Crippen LogP) is 2.80. The van der Waals surface area contributed by atoms with Gasteiger partial charge in [0.2, 0.25) is 0 Å². The normalized spacial score (nSPS) is 11.4. The van der Waals surface area contributed by atoms with E-state index in [4.69, 9.17) is 0 Å². The molecule has 0 aromatic heterocycles. The Morgan fingerprint density at radius 1 is 1.21 bits per heavy atom. The molecule has 2 heteroatoms. The molecule has 76 valence electrons. The van der Waals surface area contributed by atoms with Crippen LogP contribution in [0.3, 0.4) is 0 Å². The molecule has 0 aliphatic heterocycles. The van der Waals surface area contributed by atoms with Gasteiger partial charge in [-0.05, 0) is 18.4 Å². The van der Waals surface area contributed by atoms with Crippen LogP contribution in [0, 0.1) is 0 Å². The number of hydrogen-bond donors (Lipinski definition) is 1. The third-order valence-electron chi connectivity index (χ3n) is 2.02. The molecule has 0 spiro atoms. The fourth-order valence-electron chi connectivity index (χ4n) is 1.24. The largest absolute Gasteiger partial charge is 0.310 e. The lowest BCUT2D eigenvalue weighted by molar-refractivity contribution is 0.714. The maximum Gasteiger partial charge on any atom is 0.0672 e. The van der Waals surface area contributed by atoms with E-state index in [0.29, 0.717) is 0 Å². The zero-order valence-corrected chi connectivity index (χ0v) is 8.96. The Labute approximate surface area is 86.0 Å². The molecule has 0 fully saturated rings. The first-order valence-electron chi connectivity index (χ1n) is 5.23. The number of benzene rings is 1. The second-order valence-corrected chi connectivity index (χ2v) is 3.19. The average molecular weight is 190 g/mol. The first kappa shape index (κ1) is 10.8. The van der Waals surface area contributed by atoms with Gasteiger partial charge >= 0.3 is 0 Å². The number of hydrazone groups is 1. The molecule has 0 heterocycles. The highest BCUT2D eigenvalue weighted by Crippen LogP contribution is 2.03. The summed E-state index contributed by atoms with van der Waals surface area (Å²) in [6.07, 6.45) is 2.07. The van der Waals surface area contributed by atoms with Crippen molar-refractivity contribution in [2.45, 2.75) is 26.7 Å². The van der Waals surface area contributed by atoms with Crippen molar-refractivity contribution in [1.29, 1.82) is 0 Å². The molecule has 1 rings (SSSR count). The Bertz CT molecular complexity index is 278. The first-order chi connectivity index (χ1) is 6.88. The summed E-state index contributed by atoms with van der Waals surface area (Å²) in [6.45, 7) is 5.20. The summed E-state index contributed by atoms with van der Waals surface area (Å²) in [5, 5.41) is 4.37. The molecule has 0 aliphatic carbocycles. The molecule has 0 aliphatic rings. The fraction of sp³-hybridized carbons (Fsp3) is 0.417. The summed E-state index contributed by atoms with van der Waals surface area (Å²) in [4.78, 5) is 0. The van der Waals surface area contributed by atoms with Gasteiger partial charge in [0.15, 0.2) is 0 Å². The van der Waals surface area contributed by atoms with Gasteiger partial charge in [-0.1, -0.05) is 44.2 Å². The number of hydrogen-bond acceptors (Lipinski definition) is 2. The maximum absolute atomic E-state index is 4.37. The molecule has 0 amide bonds. The minimum Gasteiger partial charge on any atom is -0.310 e. The Kier molecular flexibility index (Phi) is 4.76. The lowest BCUT2D eigenvalue weighted by atomic mass is 10.1. The Morgan fingerprint density at radius 3 is 2.50 bits per heavy atom. The van der Waals surface area contributed by atoms with E-state index in [-0.39, 0.29) is 0 Å². The van der Waals surface area contributed by atoms with Gasteiger partial charge in [-0.25, -0.2) is 0 Å². The van der Waals surface area contributed by atoms with Gasteiger partial charge < -0.3 is 5.43 Å². The summed E-state index contributed by atoms with van der Waals surface area (Å²) < 4.78 is 0. The highest BCUT2D eigenvalue weighted by atomic mass is 15.3. The van der Waals surface area contributed by atoms with Crippen LogP contribution in [0.4, 0.5) is 0 Å². The van der Waals surface area contributed by atoms with Crippen LogP contribution in [0.5, 0.6) is 0 Å². The molecule has 1 N–H and O–H groups in total. The van der Waals surface area contributed by atoms with Crippen molar-refractivity contribution in [2.75, 3.05) is 6.54 Å². The van der Waals surface area contributed by atoms with Crippen molar-refractivity contribution in [2.24, 2.45) is 5.10 Å². The van der Waals surface area contributed by atoms with Gasteiger partial charge in [-0.15, -0.1) is 0 Å². The Hall–Kier alpha value is -1.31. The first-order valence-corrected chi connectivity index (χ1v) is 5.23. The van der Waals surface area contributed by atoms with E-state index in [1.54, 1.807) is 0 Å². The van der Waals surface area contributed by atoms with Crippen molar-refractivity contribution in [1.82, 2.24) is 5.43 Å². The predicted molar refractivity (Wildman–Crippen MR) is 61.6 cm³/mol. The van der Waals surface area contributed by atoms with Crippen LogP contribution >= 0.6 is 0 Å². The standard InChI is InChI=1S/C12H18N2/c1-3-10-13-14-12(4-2)11-8-6-5-7-9-11/h5-9,13H,3-4,10H2,1-2H3/b14-12+. The smallest absolute Gasteiger partial charge is 0.0672 e. The molecular weight excluding hydrogens is 172 g/mol. The molecule has 0 saturated heterocycles. The highest BCUT2D eigenvalue weighted by molar-refractivity contribution is 6.00. The third-order valence-corrected chi connectivity index (χ3v) is 2.02. The van der Waals surface area contributed by atoms with E-state index in [9.17, 15) is 0 Å². The minimum atomic E-state index is 0.941. The third kappa shape index (κ3) is 3.21. The summed E-state index contributed by atoms with van der Waals surface area (Å²) in [7, 11) is 0. The second-order valence-electron chi connectivity index (χ2n) is 3.19. The highest BCUT2D eigenvalue weighted by Gasteiger charge is 1.98. The number of nitrogens with one attached hydrogen (secondary N) is 1.